The Morgan fingerprint density at radius 3 is 2.96 bits per heavy atom. The Kier molecular flexibility index (Phi) is 5.87. The molecule has 2 atom stereocenters. The maximum absolute atomic E-state index is 12.3. The predicted octanol–water partition coefficient (Wildman–Crippen LogP) is 2.20. The molecular formula is C17H22N4O2S. The number of rotatable bonds is 5. The third-order valence-corrected chi connectivity index (χ3v) is 5.33. The van der Waals surface area contributed by atoms with Crippen molar-refractivity contribution in [1.29, 1.82) is 0 Å². The van der Waals surface area contributed by atoms with E-state index in [0.717, 1.165) is 42.1 Å². The average molecular weight is 346 g/mol. The summed E-state index contributed by atoms with van der Waals surface area (Å²) in [7, 11) is 0. The highest BCUT2D eigenvalue weighted by Crippen LogP contribution is 2.24. The van der Waals surface area contributed by atoms with Crippen LogP contribution in [0.25, 0.3) is 10.7 Å². The molecule has 24 heavy (non-hydrogen) atoms. The van der Waals surface area contributed by atoms with Crippen LogP contribution >= 0.6 is 11.3 Å². The van der Waals surface area contributed by atoms with E-state index in [0.29, 0.717) is 0 Å². The van der Waals surface area contributed by atoms with E-state index in [1.54, 1.807) is 18.6 Å². The van der Waals surface area contributed by atoms with Crippen molar-refractivity contribution in [3.05, 3.63) is 29.7 Å². The first kappa shape index (κ1) is 17.0. The second kappa shape index (κ2) is 8.30. The molecule has 2 N–H and O–H groups in total. The Labute approximate surface area is 145 Å². The lowest BCUT2D eigenvalue weighted by Crippen LogP contribution is -2.41. The van der Waals surface area contributed by atoms with Crippen LogP contribution in [0.15, 0.2) is 24.0 Å². The second-order valence-corrected chi connectivity index (χ2v) is 7.02. The zero-order valence-electron chi connectivity index (χ0n) is 13.5. The van der Waals surface area contributed by atoms with Crippen molar-refractivity contribution in [2.75, 3.05) is 6.61 Å². The van der Waals surface area contributed by atoms with Gasteiger partial charge in [0.25, 0.3) is 0 Å². The van der Waals surface area contributed by atoms with Gasteiger partial charge in [-0.2, -0.15) is 0 Å². The van der Waals surface area contributed by atoms with Crippen LogP contribution < -0.4 is 5.32 Å². The zero-order chi connectivity index (χ0) is 16.8. The number of aromatic nitrogens is 3. The molecule has 2 aromatic rings. The van der Waals surface area contributed by atoms with Crippen molar-refractivity contribution in [2.45, 2.75) is 44.6 Å². The number of thiazole rings is 1. The van der Waals surface area contributed by atoms with Crippen molar-refractivity contribution >= 4 is 17.2 Å². The number of hydrogen-bond acceptors (Lipinski definition) is 6. The van der Waals surface area contributed by atoms with Crippen molar-refractivity contribution in [1.82, 2.24) is 20.3 Å². The monoisotopic (exact) mass is 346 g/mol. The van der Waals surface area contributed by atoms with Gasteiger partial charge in [-0.3, -0.25) is 14.8 Å². The minimum atomic E-state index is -0.0312. The highest BCUT2D eigenvalue weighted by molar-refractivity contribution is 7.13. The van der Waals surface area contributed by atoms with Crippen molar-refractivity contribution in [3.63, 3.8) is 0 Å². The Morgan fingerprint density at radius 1 is 1.29 bits per heavy atom. The molecule has 1 aliphatic carbocycles. The van der Waals surface area contributed by atoms with Gasteiger partial charge in [0, 0.05) is 36.3 Å². The summed E-state index contributed by atoms with van der Waals surface area (Å²) in [6, 6.07) is 0.0723. The molecule has 2 unspecified atom stereocenters. The summed E-state index contributed by atoms with van der Waals surface area (Å²) < 4.78 is 0. The van der Waals surface area contributed by atoms with E-state index in [9.17, 15) is 9.90 Å². The fraction of sp³-hybridized carbons (Fsp3) is 0.529. The first-order chi connectivity index (χ1) is 11.8. The number of aliphatic hydroxyl groups is 1. The number of aliphatic hydroxyl groups excluding tert-OH is 1. The van der Waals surface area contributed by atoms with Crippen molar-refractivity contribution in [3.8, 4) is 10.7 Å². The average Bonchev–Trinajstić information content (AvgIpc) is 2.95. The van der Waals surface area contributed by atoms with Gasteiger partial charge in [0.05, 0.1) is 18.3 Å². The number of nitrogens with zero attached hydrogens (tertiary/aromatic N) is 3. The summed E-state index contributed by atoms with van der Waals surface area (Å²) in [4.78, 5) is 25.1. The normalized spacial score (nSPS) is 21.2. The van der Waals surface area contributed by atoms with Crippen LogP contribution in [-0.4, -0.2) is 38.6 Å². The van der Waals surface area contributed by atoms with Crippen LogP contribution in [0, 0.1) is 5.92 Å². The quantitative estimate of drug-likeness (QED) is 0.810. The van der Waals surface area contributed by atoms with Crippen LogP contribution in [0.3, 0.4) is 0 Å². The third-order valence-electron chi connectivity index (χ3n) is 4.42. The fourth-order valence-corrected chi connectivity index (χ4v) is 3.91. The van der Waals surface area contributed by atoms with Gasteiger partial charge in [-0.15, -0.1) is 11.3 Å². The topological polar surface area (TPSA) is 88.0 Å². The van der Waals surface area contributed by atoms with Gasteiger partial charge in [0.1, 0.15) is 10.7 Å². The van der Waals surface area contributed by atoms with E-state index in [4.69, 9.17) is 0 Å². The smallest absolute Gasteiger partial charge is 0.226 e. The number of carbonyl (C=O) groups is 1. The van der Waals surface area contributed by atoms with E-state index >= 15 is 0 Å². The standard InChI is InChI=1S/C17H22N4O2S/c22-10-12-4-2-1-3-5-14(12)21-16(23)8-13-11-24-17(20-13)15-9-18-6-7-19-15/h6-7,9,11-12,14,22H,1-5,8,10H2,(H,21,23). The maximum Gasteiger partial charge on any atom is 0.226 e. The van der Waals surface area contributed by atoms with Gasteiger partial charge in [-0.1, -0.05) is 19.3 Å². The molecule has 0 aliphatic heterocycles. The summed E-state index contributed by atoms with van der Waals surface area (Å²) in [5.41, 5.74) is 1.46. The SMILES string of the molecule is O=C(Cc1csc(-c2cnccn2)n1)NC1CCCCCC1CO. The molecule has 0 saturated heterocycles. The van der Waals surface area contributed by atoms with E-state index in [1.807, 2.05) is 5.38 Å². The van der Waals surface area contributed by atoms with Crippen LogP contribution in [0.1, 0.15) is 37.8 Å². The van der Waals surface area contributed by atoms with E-state index in [1.165, 1.54) is 17.8 Å². The highest BCUT2D eigenvalue weighted by atomic mass is 32.1. The van der Waals surface area contributed by atoms with Gasteiger partial charge in [0.2, 0.25) is 5.91 Å². The van der Waals surface area contributed by atoms with Crippen molar-refractivity contribution < 1.29 is 9.90 Å². The van der Waals surface area contributed by atoms with Gasteiger partial charge >= 0.3 is 0 Å². The zero-order valence-corrected chi connectivity index (χ0v) is 14.3. The number of amides is 1. The molecular weight excluding hydrogens is 324 g/mol. The molecule has 7 heteroatoms. The molecule has 128 valence electrons. The largest absolute Gasteiger partial charge is 0.396 e. The lowest BCUT2D eigenvalue weighted by molar-refractivity contribution is -0.121. The second-order valence-electron chi connectivity index (χ2n) is 6.17. The molecule has 2 aromatic heterocycles. The van der Waals surface area contributed by atoms with Gasteiger partial charge in [-0.05, 0) is 12.8 Å². The summed E-state index contributed by atoms with van der Waals surface area (Å²) in [6.07, 6.45) is 10.5. The molecule has 1 fully saturated rings. The molecule has 0 spiro atoms. The Morgan fingerprint density at radius 2 is 2.17 bits per heavy atom. The van der Waals surface area contributed by atoms with Gasteiger partial charge < -0.3 is 10.4 Å². The van der Waals surface area contributed by atoms with E-state index in [2.05, 4.69) is 20.3 Å². The third kappa shape index (κ3) is 4.36. The molecule has 1 saturated carbocycles. The maximum atomic E-state index is 12.3. The van der Waals surface area contributed by atoms with Crippen LogP contribution in [0.2, 0.25) is 0 Å². The lowest BCUT2D eigenvalue weighted by atomic mass is 9.95. The Bertz CT molecular complexity index is 662. The number of hydrogen-bond donors (Lipinski definition) is 2. The number of nitrogens with one attached hydrogen (secondary N) is 1. The summed E-state index contributed by atoms with van der Waals surface area (Å²) >= 11 is 1.47. The minimum absolute atomic E-state index is 0.0312. The number of carbonyl (C=O) groups excluding carboxylic acids is 1. The molecule has 3 rings (SSSR count). The summed E-state index contributed by atoms with van der Waals surface area (Å²) in [6.45, 7) is 0.137. The molecule has 1 amide bonds. The molecule has 0 radical (unpaired) electrons. The van der Waals surface area contributed by atoms with E-state index in [-0.39, 0.29) is 30.9 Å². The molecule has 6 nitrogen and oxygen atoms in total. The van der Waals surface area contributed by atoms with Crippen LogP contribution in [-0.2, 0) is 11.2 Å². The molecule has 0 aromatic carbocycles. The highest BCUT2D eigenvalue weighted by Gasteiger charge is 2.24. The van der Waals surface area contributed by atoms with E-state index < -0.39 is 0 Å². The summed E-state index contributed by atoms with van der Waals surface area (Å²) in [5, 5.41) is 15.3. The first-order valence-corrected chi connectivity index (χ1v) is 9.25. The lowest BCUT2D eigenvalue weighted by Gasteiger charge is -2.24. The van der Waals surface area contributed by atoms with Gasteiger partial charge in [-0.25, -0.2) is 4.98 Å². The fourth-order valence-electron chi connectivity index (χ4n) is 3.13. The Balaban J connectivity index is 1.59. The van der Waals surface area contributed by atoms with Crippen LogP contribution in [0.5, 0.6) is 0 Å². The molecule has 0 bridgehead atoms. The minimum Gasteiger partial charge on any atom is -0.396 e. The van der Waals surface area contributed by atoms with Crippen LogP contribution in [0.4, 0.5) is 0 Å². The van der Waals surface area contributed by atoms with Gasteiger partial charge in [0.15, 0.2) is 0 Å². The Hall–Kier alpha value is -1.86. The summed E-state index contributed by atoms with van der Waals surface area (Å²) in [5.74, 6) is 0.137. The molecule has 1 aliphatic rings. The first-order valence-electron chi connectivity index (χ1n) is 8.37. The predicted molar refractivity (Wildman–Crippen MR) is 92.4 cm³/mol. The van der Waals surface area contributed by atoms with Crippen molar-refractivity contribution in [2.24, 2.45) is 5.92 Å². The molecule has 2 heterocycles.